The molecule has 0 spiro atoms. The monoisotopic (exact) mass is 221 g/mol. The van der Waals surface area contributed by atoms with Gasteiger partial charge in [-0.2, -0.15) is 15.0 Å². The first-order chi connectivity index (χ1) is 7.61. The molecule has 6 heteroatoms. The standard InChI is InChI=1S/C10H11N3O3/c1-6(10(14)15)13-11-8-4-3-7(16-2)5-9(8)12-13/h3-6H,1-2H3,(H,14,15). The van der Waals surface area contributed by atoms with Crippen LogP contribution in [0.25, 0.3) is 11.0 Å². The summed E-state index contributed by atoms with van der Waals surface area (Å²) >= 11 is 0. The van der Waals surface area contributed by atoms with Gasteiger partial charge in [-0.1, -0.05) is 0 Å². The Hall–Kier alpha value is -2.11. The second-order valence-electron chi connectivity index (χ2n) is 3.39. The van der Waals surface area contributed by atoms with Crippen molar-refractivity contribution in [3.05, 3.63) is 18.2 Å². The largest absolute Gasteiger partial charge is 0.497 e. The summed E-state index contributed by atoms with van der Waals surface area (Å²) in [5.41, 5.74) is 1.27. The summed E-state index contributed by atoms with van der Waals surface area (Å²) in [6, 6.07) is 4.44. The third-order valence-corrected chi connectivity index (χ3v) is 2.31. The molecule has 0 aliphatic rings. The molecule has 0 bridgehead atoms. The molecule has 2 rings (SSSR count). The van der Waals surface area contributed by atoms with Gasteiger partial charge in [0.15, 0.2) is 6.04 Å². The van der Waals surface area contributed by atoms with Crippen LogP contribution in [0.4, 0.5) is 0 Å². The maximum Gasteiger partial charge on any atom is 0.330 e. The van der Waals surface area contributed by atoms with Crippen LogP contribution in [0.3, 0.4) is 0 Å². The van der Waals surface area contributed by atoms with Crippen LogP contribution in [0.1, 0.15) is 13.0 Å². The number of carboxylic acids is 1. The molecule has 0 aliphatic carbocycles. The van der Waals surface area contributed by atoms with Crippen LogP contribution < -0.4 is 4.74 Å². The molecule has 0 fully saturated rings. The van der Waals surface area contributed by atoms with Gasteiger partial charge in [-0.25, -0.2) is 4.79 Å². The Bertz CT molecular complexity index is 535. The zero-order valence-corrected chi connectivity index (χ0v) is 8.91. The van der Waals surface area contributed by atoms with E-state index < -0.39 is 12.0 Å². The van der Waals surface area contributed by atoms with Crippen LogP contribution in [-0.2, 0) is 4.79 Å². The average molecular weight is 221 g/mol. The Balaban J connectivity index is 2.47. The van der Waals surface area contributed by atoms with Crippen LogP contribution in [0.15, 0.2) is 18.2 Å². The lowest BCUT2D eigenvalue weighted by Gasteiger charge is -2.02. The van der Waals surface area contributed by atoms with E-state index in [1.54, 1.807) is 25.3 Å². The van der Waals surface area contributed by atoms with E-state index in [2.05, 4.69) is 10.2 Å². The van der Waals surface area contributed by atoms with E-state index in [0.717, 1.165) is 0 Å². The molecule has 84 valence electrons. The SMILES string of the molecule is COc1ccc2nn(C(C)C(=O)O)nc2c1. The molecule has 0 amide bonds. The molecule has 1 N–H and O–H groups in total. The van der Waals surface area contributed by atoms with Gasteiger partial charge >= 0.3 is 5.97 Å². The molecule has 1 heterocycles. The van der Waals surface area contributed by atoms with Gasteiger partial charge in [-0.15, -0.1) is 0 Å². The van der Waals surface area contributed by atoms with Crippen molar-refractivity contribution in [2.75, 3.05) is 7.11 Å². The Morgan fingerprint density at radius 2 is 2.12 bits per heavy atom. The molecule has 1 aromatic heterocycles. The van der Waals surface area contributed by atoms with Crippen molar-refractivity contribution in [2.45, 2.75) is 13.0 Å². The first kappa shape index (κ1) is 10.4. The van der Waals surface area contributed by atoms with Crippen molar-refractivity contribution in [3.8, 4) is 5.75 Å². The summed E-state index contributed by atoms with van der Waals surface area (Å²) < 4.78 is 5.05. The number of fused-ring (bicyclic) bond motifs is 1. The summed E-state index contributed by atoms with van der Waals surface area (Å²) in [6.45, 7) is 1.53. The number of aliphatic carboxylic acids is 1. The quantitative estimate of drug-likeness (QED) is 0.839. The van der Waals surface area contributed by atoms with Gasteiger partial charge < -0.3 is 9.84 Å². The molecule has 16 heavy (non-hydrogen) atoms. The van der Waals surface area contributed by atoms with E-state index in [1.165, 1.54) is 11.7 Å². The molecule has 1 unspecified atom stereocenters. The van der Waals surface area contributed by atoms with Gasteiger partial charge in [0, 0.05) is 6.07 Å². The Morgan fingerprint density at radius 3 is 2.75 bits per heavy atom. The summed E-state index contributed by atoms with van der Waals surface area (Å²) in [7, 11) is 1.56. The molecule has 1 aromatic carbocycles. The van der Waals surface area contributed by atoms with Crippen molar-refractivity contribution in [3.63, 3.8) is 0 Å². The zero-order chi connectivity index (χ0) is 11.7. The number of hydrogen-bond donors (Lipinski definition) is 1. The number of methoxy groups -OCH3 is 1. The normalized spacial score (nSPS) is 12.6. The van der Waals surface area contributed by atoms with E-state index in [9.17, 15) is 4.79 Å². The molecule has 6 nitrogen and oxygen atoms in total. The molecular formula is C10H11N3O3. The number of rotatable bonds is 3. The number of ether oxygens (including phenoxy) is 1. The van der Waals surface area contributed by atoms with Gasteiger partial charge in [0.05, 0.1) is 7.11 Å². The zero-order valence-electron chi connectivity index (χ0n) is 8.91. The van der Waals surface area contributed by atoms with Crippen molar-refractivity contribution < 1.29 is 14.6 Å². The molecule has 1 atom stereocenters. The van der Waals surface area contributed by atoms with Gasteiger partial charge in [-0.05, 0) is 19.1 Å². The highest BCUT2D eigenvalue weighted by molar-refractivity contribution is 5.76. The lowest BCUT2D eigenvalue weighted by molar-refractivity contribution is -0.140. The van der Waals surface area contributed by atoms with Crippen LogP contribution in [-0.4, -0.2) is 33.2 Å². The first-order valence-electron chi connectivity index (χ1n) is 4.75. The van der Waals surface area contributed by atoms with E-state index in [-0.39, 0.29) is 0 Å². The van der Waals surface area contributed by atoms with E-state index in [4.69, 9.17) is 9.84 Å². The minimum absolute atomic E-state index is 0.618. The smallest absolute Gasteiger partial charge is 0.330 e. The number of carbonyl (C=O) groups is 1. The third kappa shape index (κ3) is 1.69. The van der Waals surface area contributed by atoms with Crippen LogP contribution in [0.2, 0.25) is 0 Å². The highest BCUT2D eigenvalue weighted by atomic mass is 16.5. The predicted molar refractivity (Wildman–Crippen MR) is 56.4 cm³/mol. The van der Waals surface area contributed by atoms with Crippen LogP contribution in [0, 0.1) is 0 Å². The van der Waals surface area contributed by atoms with Crippen molar-refractivity contribution in [1.29, 1.82) is 0 Å². The second-order valence-corrected chi connectivity index (χ2v) is 3.39. The van der Waals surface area contributed by atoms with E-state index in [0.29, 0.717) is 16.8 Å². The fourth-order valence-electron chi connectivity index (χ4n) is 1.31. The fraction of sp³-hybridized carbons (Fsp3) is 0.300. The summed E-state index contributed by atoms with van der Waals surface area (Å²) in [6.07, 6.45) is 0. The van der Waals surface area contributed by atoms with E-state index in [1.807, 2.05) is 0 Å². The molecule has 0 aliphatic heterocycles. The number of aromatic nitrogens is 3. The van der Waals surface area contributed by atoms with Crippen molar-refractivity contribution in [1.82, 2.24) is 15.0 Å². The van der Waals surface area contributed by atoms with Crippen LogP contribution >= 0.6 is 0 Å². The Kier molecular flexibility index (Phi) is 2.47. The minimum atomic E-state index is -0.965. The summed E-state index contributed by atoms with van der Waals surface area (Å²) in [5, 5.41) is 17.0. The molecule has 0 saturated carbocycles. The van der Waals surface area contributed by atoms with Gasteiger partial charge in [0.2, 0.25) is 0 Å². The second kappa shape index (κ2) is 3.80. The summed E-state index contributed by atoms with van der Waals surface area (Å²) in [5.74, 6) is -0.296. The minimum Gasteiger partial charge on any atom is -0.497 e. The maximum absolute atomic E-state index is 10.8. The maximum atomic E-state index is 10.8. The molecular weight excluding hydrogens is 210 g/mol. The number of nitrogens with zero attached hydrogens (tertiary/aromatic N) is 3. The third-order valence-electron chi connectivity index (χ3n) is 2.31. The Morgan fingerprint density at radius 1 is 1.44 bits per heavy atom. The first-order valence-corrected chi connectivity index (χ1v) is 4.75. The molecule has 0 saturated heterocycles. The van der Waals surface area contributed by atoms with Gasteiger partial charge in [0.25, 0.3) is 0 Å². The van der Waals surface area contributed by atoms with Crippen molar-refractivity contribution >= 4 is 17.0 Å². The Labute approximate surface area is 91.4 Å². The fourth-order valence-corrected chi connectivity index (χ4v) is 1.31. The van der Waals surface area contributed by atoms with Gasteiger partial charge in [0.1, 0.15) is 16.8 Å². The van der Waals surface area contributed by atoms with E-state index >= 15 is 0 Å². The lowest BCUT2D eigenvalue weighted by atomic mass is 10.3. The highest BCUT2D eigenvalue weighted by Gasteiger charge is 2.16. The number of carboxylic acid groups (broad SMARTS) is 1. The van der Waals surface area contributed by atoms with Crippen LogP contribution in [0.5, 0.6) is 5.75 Å². The molecule has 2 aromatic rings. The summed E-state index contributed by atoms with van der Waals surface area (Å²) in [4.78, 5) is 12.0. The van der Waals surface area contributed by atoms with Crippen molar-refractivity contribution in [2.24, 2.45) is 0 Å². The number of hydrogen-bond acceptors (Lipinski definition) is 4. The topological polar surface area (TPSA) is 77.2 Å². The number of benzene rings is 1. The predicted octanol–water partition coefficient (Wildman–Crippen LogP) is 1.09. The van der Waals surface area contributed by atoms with Gasteiger partial charge in [-0.3, -0.25) is 0 Å². The highest BCUT2D eigenvalue weighted by Crippen LogP contribution is 2.18. The lowest BCUT2D eigenvalue weighted by Crippen LogP contribution is -2.17. The average Bonchev–Trinajstić information content (AvgIpc) is 2.69. The molecule has 0 radical (unpaired) electrons.